The predicted molar refractivity (Wildman–Crippen MR) is 118 cm³/mol. The zero-order chi connectivity index (χ0) is 23.2. The van der Waals surface area contributed by atoms with Crippen LogP contribution in [0.4, 0.5) is 0 Å². The molecule has 12 heteroatoms. The smallest absolute Gasteiger partial charge is 0.243 e. The molecule has 0 aromatic heterocycles. The predicted octanol–water partition coefficient (Wildman–Crippen LogP) is 0.935. The van der Waals surface area contributed by atoms with Crippen LogP contribution in [0.25, 0.3) is 11.1 Å². The van der Waals surface area contributed by atoms with E-state index in [-0.39, 0.29) is 41.7 Å². The number of oxime groups is 1. The minimum atomic E-state index is -3.75. The van der Waals surface area contributed by atoms with Crippen molar-refractivity contribution in [1.82, 2.24) is 8.61 Å². The van der Waals surface area contributed by atoms with Crippen LogP contribution in [0.2, 0.25) is 0 Å². The van der Waals surface area contributed by atoms with Gasteiger partial charge in [0.2, 0.25) is 20.0 Å². The zero-order valence-corrected chi connectivity index (χ0v) is 19.3. The number of sulfonamides is 2. The Morgan fingerprint density at radius 2 is 1.06 bits per heavy atom. The highest BCUT2D eigenvalue weighted by atomic mass is 32.2. The third kappa shape index (κ3) is 3.76. The minimum Gasteiger partial charge on any atom is -0.410 e. The molecule has 0 radical (unpaired) electrons. The highest BCUT2D eigenvalue weighted by molar-refractivity contribution is 7.89. The Morgan fingerprint density at radius 3 is 1.42 bits per heavy atom. The van der Waals surface area contributed by atoms with E-state index in [0.29, 0.717) is 48.7 Å². The molecule has 2 fully saturated rings. The van der Waals surface area contributed by atoms with Gasteiger partial charge in [-0.3, -0.25) is 0 Å². The van der Waals surface area contributed by atoms with Gasteiger partial charge in [0.05, 0.1) is 36.2 Å². The molecule has 2 saturated heterocycles. The molecule has 176 valence electrons. The fourth-order valence-electron chi connectivity index (χ4n) is 4.35. The quantitative estimate of drug-likeness (QED) is 0.423. The maximum Gasteiger partial charge on any atom is 0.243 e. The summed E-state index contributed by atoms with van der Waals surface area (Å²) in [5.74, 6) is 0. The van der Waals surface area contributed by atoms with Gasteiger partial charge < -0.3 is 14.7 Å². The Morgan fingerprint density at radius 1 is 0.667 bits per heavy atom. The van der Waals surface area contributed by atoms with Crippen LogP contribution in [0.1, 0.15) is 11.1 Å². The van der Waals surface area contributed by atoms with E-state index in [4.69, 9.17) is 9.47 Å². The second kappa shape index (κ2) is 8.46. The lowest BCUT2D eigenvalue weighted by atomic mass is 10.1. The van der Waals surface area contributed by atoms with Crippen LogP contribution < -0.4 is 0 Å². The van der Waals surface area contributed by atoms with Crippen molar-refractivity contribution < 1.29 is 31.5 Å². The Hall–Kier alpha value is -2.35. The van der Waals surface area contributed by atoms with Crippen molar-refractivity contribution in [2.45, 2.75) is 9.79 Å². The van der Waals surface area contributed by atoms with E-state index in [2.05, 4.69) is 5.16 Å². The molecule has 2 aromatic rings. The maximum absolute atomic E-state index is 13.1. The molecule has 0 unspecified atom stereocenters. The van der Waals surface area contributed by atoms with Crippen LogP contribution in [0, 0.1) is 0 Å². The van der Waals surface area contributed by atoms with E-state index in [1.165, 1.54) is 32.9 Å². The lowest BCUT2D eigenvalue weighted by Gasteiger charge is -2.26. The molecule has 0 amide bonds. The molecule has 2 heterocycles. The molecule has 1 N–H and O–H groups in total. The Balaban J connectivity index is 1.53. The number of ether oxygens (including phenoxy) is 2. The molecule has 5 rings (SSSR count). The molecule has 0 atom stereocenters. The number of hydrogen-bond acceptors (Lipinski definition) is 8. The summed E-state index contributed by atoms with van der Waals surface area (Å²) < 4.78 is 65.6. The van der Waals surface area contributed by atoms with Gasteiger partial charge in [0.15, 0.2) is 0 Å². The standard InChI is InChI=1S/C21H23N3O7S2/c25-22-21-19-13-15(32(26,27)23-5-9-30-10-6-23)1-3-17(19)18-4-2-16(14-20(18)21)33(28,29)24-7-11-31-12-8-24/h1-4,13-14,25H,5-12H2. The summed E-state index contributed by atoms with van der Waals surface area (Å²) in [5, 5.41) is 13.2. The summed E-state index contributed by atoms with van der Waals surface area (Å²) in [5.41, 5.74) is 2.35. The summed E-state index contributed by atoms with van der Waals surface area (Å²) in [6, 6.07) is 9.32. The van der Waals surface area contributed by atoms with Crippen molar-refractivity contribution in [2.24, 2.45) is 5.16 Å². The topological polar surface area (TPSA) is 126 Å². The van der Waals surface area contributed by atoms with E-state index < -0.39 is 20.0 Å². The Bertz CT molecular complexity index is 1230. The third-order valence-electron chi connectivity index (χ3n) is 6.10. The first-order valence-corrected chi connectivity index (χ1v) is 13.4. The van der Waals surface area contributed by atoms with Crippen molar-refractivity contribution >= 4 is 25.8 Å². The zero-order valence-electron chi connectivity index (χ0n) is 17.7. The monoisotopic (exact) mass is 493 g/mol. The van der Waals surface area contributed by atoms with Crippen molar-refractivity contribution in [3.8, 4) is 11.1 Å². The molecule has 1 aliphatic carbocycles. The van der Waals surface area contributed by atoms with Crippen molar-refractivity contribution in [3.05, 3.63) is 47.5 Å². The summed E-state index contributed by atoms with van der Waals surface area (Å²) in [6.07, 6.45) is 0. The maximum atomic E-state index is 13.1. The third-order valence-corrected chi connectivity index (χ3v) is 9.89. The summed E-state index contributed by atoms with van der Waals surface area (Å²) in [7, 11) is -7.49. The highest BCUT2D eigenvalue weighted by Crippen LogP contribution is 2.40. The lowest BCUT2D eigenvalue weighted by molar-refractivity contribution is 0.0730. The van der Waals surface area contributed by atoms with Crippen molar-refractivity contribution in [2.75, 3.05) is 52.6 Å². The summed E-state index contributed by atoms with van der Waals surface area (Å²) in [4.78, 5) is 0.163. The van der Waals surface area contributed by atoms with Gasteiger partial charge in [-0.25, -0.2) is 16.8 Å². The lowest BCUT2D eigenvalue weighted by Crippen LogP contribution is -2.40. The van der Waals surface area contributed by atoms with Crippen molar-refractivity contribution in [1.29, 1.82) is 0 Å². The molecule has 3 aliphatic rings. The fourth-order valence-corrected chi connectivity index (χ4v) is 7.22. The van der Waals surface area contributed by atoms with E-state index in [1.54, 1.807) is 12.1 Å². The largest absolute Gasteiger partial charge is 0.410 e. The molecule has 0 spiro atoms. The summed E-state index contributed by atoms with van der Waals surface area (Å²) in [6.45, 7) is 2.40. The van der Waals surface area contributed by atoms with Crippen LogP contribution in [-0.4, -0.2) is 89.0 Å². The number of rotatable bonds is 4. The molecule has 10 nitrogen and oxygen atoms in total. The van der Waals surface area contributed by atoms with Crippen LogP contribution in [0.5, 0.6) is 0 Å². The molecular weight excluding hydrogens is 470 g/mol. The average Bonchev–Trinajstić information content (AvgIpc) is 3.17. The van der Waals surface area contributed by atoms with Crippen LogP contribution in [0.3, 0.4) is 0 Å². The highest BCUT2D eigenvalue weighted by Gasteiger charge is 2.33. The van der Waals surface area contributed by atoms with Crippen molar-refractivity contribution in [3.63, 3.8) is 0 Å². The number of fused-ring (bicyclic) bond motifs is 3. The number of nitrogens with zero attached hydrogens (tertiary/aromatic N) is 3. The van der Waals surface area contributed by atoms with E-state index in [1.807, 2.05) is 0 Å². The second-order valence-corrected chi connectivity index (χ2v) is 11.8. The van der Waals surface area contributed by atoms with Gasteiger partial charge in [0, 0.05) is 37.3 Å². The minimum absolute atomic E-state index is 0.0817. The van der Waals surface area contributed by atoms with Crippen LogP contribution in [-0.2, 0) is 29.5 Å². The Kier molecular flexibility index (Phi) is 5.75. The first-order chi connectivity index (χ1) is 15.8. The molecule has 2 aromatic carbocycles. The molecule has 0 bridgehead atoms. The normalized spacial score (nSPS) is 19.8. The number of morpholine rings is 2. The van der Waals surface area contributed by atoms with E-state index >= 15 is 0 Å². The van der Waals surface area contributed by atoms with Gasteiger partial charge in [-0.1, -0.05) is 17.3 Å². The van der Waals surface area contributed by atoms with Crippen LogP contribution >= 0.6 is 0 Å². The summed E-state index contributed by atoms with van der Waals surface area (Å²) >= 11 is 0. The van der Waals surface area contributed by atoms with Gasteiger partial charge in [-0.15, -0.1) is 0 Å². The molecule has 33 heavy (non-hydrogen) atoms. The van der Waals surface area contributed by atoms with Gasteiger partial charge in [0.1, 0.15) is 5.71 Å². The fraction of sp³-hybridized carbons (Fsp3) is 0.381. The number of hydrogen-bond donors (Lipinski definition) is 1. The first-order valence-electron chi connectivity index (χ1n) is 10.5. The first kappa shape index (κ1) is 22.4. The Labute approximate surface area is 192 Å². The van der Waals surface area contributed by atoms with E-state index in [9.17, 15) is 22.0 Å². The number of benzene rings is 2. The van der Waals surface area contributed by atoms with Gasteiger partial charge in [-0.05, 0) is 35.4 Å². The average molecular weight is 494 g/mol. The van der Waals surface area contributed by atoms with Crippen LogP contribution in [0.15, 0.2) is 51.3 Å². The van der Waals surface area contributed by atoms with E-state index in [0.717, 1.165) is 0 Å². The molecule has 0 saturated carbocycles. The molecular formula is C21H23N3O7S2. The molecule has 2 aliphatic heterocycles. The van der Waals surface area contributed by atoms with Gasteiger partial charge in [-0.2, -0.15) is 8.61 Å². The second-order valence-electron chi connectivity index (χ2n) is 7.90. The van der Waals surface area contributed by atoms with Gasteiger partial charge in [0.25, 0.3) is 0 Å². The SMILES string of the molecule is O=S(=O)(c1ccc2c(c1)C(=NO)c1cc(S(=O)(=O)N3CCOCC3)ccc1-2)N1CCOCC1. The van der Waals surface area contributed by atoms with Gasteiger partial charge >= 0.3 is 0 Å².